The van der Waals surface area contributed by atoms with Gasteiger partial charge in [0, 0.05) is 30.1 Å². The van der Waals surface area contributed by atoms with E-state index in [-0.39, 0.29) is 5.69 Å². The molecule has 6 heteroatoms. The van der Waals surface area contributed by atoms with Gasteiger partial charge in [0.05, 0.1) is 22.1 Å². The fourth-order valence-corrected chi connectivity index (χ4v) is 4.24. The Morgan fingerprint density at radius 1 is 1.25 bits per heavy atom. The number of anilines is 1. The second kappa shape index (κ2) is 5.75. The van der Waals surface area contributed by atoms with Crippen LogP contribution in [0.3, 0.4) is 0 Å². The number of rotatable bonds is 2. The maximum atomic E-state index is 11.0. The number of non-ortho nitro benzene ring substituents is 1. The number of hydrogen-bond donors (Lipinski definition) is 0. The molecule has 122 valence electrons. The molecule has 1 aromatic heterocycles. The highest BCUT2D eigenvalue weighted by molar-refractivity contribution is 5.88. The summed E-state index contributed by atoms with van der Waals surface area (Å²) in [7, 11) is 0. The van der Waals surface area contributed by atoms with E-state index in [0.29, 0.717) is 22.5 Å². The number of nitro benzene ring substituents is 1. The fourth-order valence-electron chi connectivity index (χ4n) is 4.24. The van der Waals surface area contributed by atoms with E-state index in [4.69, 9.17) is 4.98 Å². The monoisotopic (exact) mass is 322 g/mol. The average molecular weight is 322 g/mol. The summed E-state index contributed by atoms with van der Waals surface area (Å²) in [6.45, 7) is 0.978. The first kappa shape index (κ1) is 14.9. The molecule has 24 heavy (non-hydrogen) atoms. The van der Waals surface area contributed by atoms with E-state index in [1.807, 2.05) is 0 Å². The van der Waals surface area contributed by atoms with Crippen LogP contribution in [-0.4, -0.2) is 22.5 Å². The number of benzene rings is 1. The second-order valence-electron chi connectivity index (χ2n) is 6.69. The van der Waals surface area contributed by atoms with Gasteiger partial charge in [-0.1, -0.05) is 12.8 Å². The van der Waals surface area contributed by atoms with E-state index in [9.17, 15) is 15.4 Å². The summed E-state index contributed by atoms with van der Waals surface area (Å²) in [6.07, 6.45) is 6.22. The SMILES string of the molecule is N#Cc1cc(N2CCC3CCCCC32)nc2ccc([N+](=O)[O-])cc12. The van der Waals surface area contributed by atoms with E-state index >= 15 is 0 Å². The van der Waals surface area contributed by atoms with Crippen LogP contribution in [0.5, 0.6) is 0 Å². The van der Waals surface area contributed by atoms with Crippen molar-refractivity contribution in [3.05, 3.63) is 39.9 Å². The van der Waals surface area contributed by atoms with Gasteiger partial charge in [0.15, 0.2) is 0 Å². The van der Waals surface area contributed by atoms with Gasteiger partial charge in [0.25, 0.3) is 5.69 Å². The van der Waals surface area contributed by atoms with Crippen LogP contribution < -0.4 is 4.90 Å². The molecule has 2 atom stereocenters. The van der Waals surface area contributed by atoms with Crippen LogP contribution in [0.25, 0.3) is 10.9 Å². The molecule has 4 rings (SSSR count). The van der Waals surface area contributed by atoms with Crippen LogP contribution in [0.4, 0.5) is 11.5 Å². The number of nitro groups is 1. The minimum atomic E-state index is -0.443. The van der Waals surface area contributed by atoms with Gasteiger partial charge in [-0.2, -0.15) is 5.26 Å². The number of nitrogens with zero attached hydrogens (tertiary/aromatic N) is 4. The van der Waals surface area contributed by atoms with Gasteiger partial charge in [-0.3, -0.25) is 10.1 Å². The first-order valence-corrected chi connectivity index (χ1v) is 8.43. The molecule has 6 nitrogen and oxygen atoms in total. The molecule has 2 aromatic rings. The van der Waals surface area contributed by atoms with Crippen molar-refractivity contribution in [1.29, 1.82) is 5.26 Å². The molecule has 0 amide bonds. The molecule has 1 saturated carbocycles. The molecule has 0 radical (unpaired) electrons. The number of aromatic nitrogens is 1. The van der Waals surface area contributed by atoms with Gasteiger partial charge in [-0.05, 0) is 37.3 Å². The third-order valence-electron chi connectivity index (χ3n) is 5.41. The maximum absolute atomic E-state index is 11.0. The highest BCUT2D eigenvalue weighted by atomic mass is 16.6. The summed E-state index contributed by atoms with van der Waals surface area (Å²) < 4.78 is 0. The number of hydrogen-bond acceptors (Lipinski definition) is 5. The molecular weight excluding hydrogens is 304 g/mol. The van der Waals surface area contributed by atoms with E-state index in [1.54, 1.807) is 12.1 Å². The molecule has 1 saturated heterocycles. The Bertz CT molecular complexity index is 858. The lowest BCUT2D eigenvalue weighted by atomic mass is 9.85. The summed E-state index contributed by atoms with van der Waals surface area (Å²) in [5, 5.41) is 21.0. The van der Waals surface area contributed by atoms with Crippen molar-refractivity contribution in [3.8, 4) is 6.07 Å². The summed E-state index contributed by atoms with van der Waals surface area (Å²) >= 11 is 0. The number of nitriles is 1. The minimum absolute atomic E-state index is 0.0120. The lowest BCUT2D eigenvalue weighted by Gasteiger charge is -2.32. The molecule has 2 unspecified atom stereocenters. The molecule has 1 aliphatic heterocycles. The summed E-state index contributed by atoms with van der Waals surface area (Å²) in [6, 6.07) is 9.04. The van der Waals surface area contributed by atoms with Crippen LogP contribution >= 0.6 is 0 Å². The van der Waals surface area contributed by atoms with E-state index < -0.39 is 4.92 Å². The van der Waals surface area contributed by atoms with Gasteiger partial charge in [0.2, 0.25) is 0 Å². The molecular formula is C18H18N4O2. The smallest absolute Gasteiger partial charge is 0.270 e. The maximum Gasteiger partial charge on any atom is 0.270 e. The van der Waals surface area contributed by atoms with Crippen molar-refractivity contribution in [2.24, 2.45) is 5.92 Å². The zero-order valence-electron chi connectivity index (χ0n) is 13.3. The summed E-state index contributed by atoms with van der Waals surface area (Å²) in [5.74, 6) is 1.57. The lowest BCUT2D eigenvalue weighted by Crippen LogP contribution is -2.35. The highest BCUT2D eigenvalue weighted by Crippen LogP contribution is 2.39. The standard InChI is InChI=1S/C18H18N4O2/c19-11-13-9-18(21-8-7-12-3-1-2-4-17(12)21)20-16-6-5-14(22(23)24)10-15(13)16/h5-6,9-10,12,17H,1-4,7-8H2. The Balaban J connectivity index is 1.79. The normalized spacial score (nSPS) is 23.0. The van der Waals surface area contributed by atoms with Crippen molar-refractivity contribution in [2.45, 2.75) is 38.1 Å². The van der Waals surface area contributed by atoms with Crippen molar-refractivity contribution in [1.82, 2.24) is 4.98 Å². The van der Waals surface area contributed by atoms with Gasteiger partial charge in [-0.25, -0.2) is 4.98 Å². The molecule has 2 aliphatic rings. The van der Waals surface area contributed by atoms with E-state index in [1.165, 1.54) is 44.2 Å². The molecule has 0 spiro atoms. The molecule has 1 aromatic carbocycles. The average Bonchev–Trinajstić information content (AvgIpc) is 3.04. The molecule has 0 N–H and O–H groups in total. The zero-order valence-corrected chi connectivity index (χ0v) is 13.3. The fraction of sp³-hybridized carbons (Fsp3) is 0.444. The van der Waals surface area contributed by atoms with Crippen LogP contribution in [0.15, 0.2) is 24.3 Å². The van der Waals surface area contributed by atoms with E-state index in [2.05, 4.69) is 11.0 Å². The van der Waals surface area contributed by atoms with Gasteiger partial charge >= 0.3 is 0 Å². The third-order valence-corrected chi connectivity index (χ3v) is 5.41. The Labute approximate surface area is 139 Å². The Kier molecular flexibility index (Phi) is 3.57. The van der Waals surface area contributed by atoms with Crippen molar-refractivity contribution in [2.75, 3.05) is 11.4 Å². The quantitative estimate of drug-likeness (QED) is 0.620. The third kappa shape index (κ3) is 2.37. The van der Waals surface area contributed by atoms with Crippen molar-refractivity contribution in [3.63, 3.8) is 0 Å². The van der Waals surface area contributed by atoms with Crippen LogP contribution in [0.2, 0.25) is 0 Å². The first-order chi connectivity index (χ1) is 11.7. The molecule has 1 aliphatic carbocycles. The molecule has 0 bridgehead atoms. The Morgan fingerprint density at radius 3 is 2.88 bits per heavy atom. The molecule has 2 fully saturated rings. The van der Waals surface area contributed by atoms with Gasteiger partial charge < -0.3 is 4.90 Å². The Morgan fingerprint density at radius 2 is 2.08 bits per heavy atom. The highest BCUT2D eigenvalue weighted by Gasteiger charge is 2.36. The van der Waals surface area contributed by atoms with Crippen molar-refractivity contribution < 1.29 is 4.92 Å². The van der Waals surface area contributed by atoms with Crippen LogP contribution in [0, 0.1) is 27.4 Å². The lowest BCUT2D eigenvalue weighted by molar-refractivity contribution is -0.384. The molecule has 2 heterocycles. The van der Waals surface area contributed by atoms with Crippen LogP contribution in [0.1, 0.15) is 37.7 Å². The largest absolute Gasteiger partial charge is 0.353 e. The summed E-state index contributed by atoms with van der Waals surface area (Å²) in [5.41, 5.74) is 1.09. The Hall–Kier alpha value is -2.68. The second-order valence-corrected chi connectivity index (χ2v) is 6.69. The predicted octanol–water partition coefficient (Wildman–Crippen LogP) is 3.78. The van der Waals surface area contributed by atoms with Gasteiger partial charge in [0.1, 0.15) is 5.82 Å². The number of pyridine rings is 1. The zero-order chi connectivity index (χ0) is 16.7. The van der Waals surface area contributed by atoms with Crippen molar-refractivity contribution >= 4 is 22.4 Å². The minimum Gasteiger partial charge on any atom is -0.353 e. The first-order valence-electron chi connectivity index (χ1n) is 8.43. The van der Waals surface area contributed by atoms with E-state index in [0.717, 1.165) is 18.3 Å². The topological polar surface area (TPSA) is 83.1 Å². The van der Waals surface area contributed by atoms with Gasteiger partial charge in [-0.15, -0.1) is 0 Å². The predicted molar refractivity (Wildman–Crippen MR) is 90.8 cm³/mol. The summed E-state index contributed by atoms with van der Waals surface area (Å²) in [4.78, 5) is 17.6. The van der Waals surface area contributed by atoms with Crippen LogP contribution in [-0.2, 0) is 0 Å². The number of fused-ring (bicyclic) bond motifs is 2.